The zero-order chi connectivity index (χ0) is 14.4. The third-order valence-electron chi connectivity index (χ3n) is 4.30. The number of hydrogen-bond donors (Lipinski definition) is 1. The minimum atomic E-state index is 0.781. The van der Waals surface area contributed by atoms with Gasteiger partial charge < -0.3 is 5.32 Å². The highest BCUT2D eigenvalue weighted by Gasteiger charge is 2.22. The van der Waals surface area contributed by atoms with E-state index in [-0.39, 0.29) is 0 Å². The maximum absolute atomic E-state index is 4.43. The summed E-state index contributed by atoms with van der Waals surface area (Å²) in [5.74, 6) is 1.73. The van der Waals surface area contributed by atoms with Crippen LogP contribution in [0.3, 0.4) is 0 Å². The summed E-state index contributed by atoms with van der Waals surface area (Å²) < 4.78 is 0. The molecule has 1 saturated carbocycles. The van der Waals surface area contributed by atoms with Gasteiger partial charge >= 0.3 is 0 Å². The Morgan fingerprint density at radius 2 is 2.05 bits per heavy atom. The van der Waals surface area contributed by atoms with Crippen LogP contribution < -0.4 is 5.32 Å². The summed E-state index contributed by atoms with van der Waals surface area (Å²) in [6, 6.07) is 5.07. The standard InChI is InChI=1S/C17H29N3/c1-14(2)10-11-20(16-6-4-5-7-16)13-15-8-9-17(18-3)19-12-15/h8-9,12,14,16H,4-7,10-11,13H2,1-3H3,(H,18,19). The Morgan fingerprint density at radius 1 is 1.30 bits per heavy atom. The van der Waals surface area contributed by atoms with Gasteiger partial charge in [0.15, 0.2) is 0 Å². The van der Waals surface area contributed by atoms with Gasteiger partial charge in [-0.3, -0.25) is 4.90 Å². The zero-order valence-electron chi connectivity index (χ0n) is 13.2. The Balaban J connectivity index is 1.97. The van der Waals surface area contributed by atoms with Gasteiger partial charge in [0.05, 0.1) is 0 Å². The molecule has 1 aliphatic carbocycles. The number of hydrogen-bond acceptors (Lipinski definition) is 3. The number of pyridine rings is 1. The number of aromatic nitrogens is 1. The van der Waals surface area contributed by atoms with Crippen molar-refractivity contribution in [1.82, 2.24) is 9.88 Å². The van der Waals surface area contributed by atoms with Gasteiger partial charge in [-0.1, -0.05) is 32.8 Å². The van der Waals surface area contributed by atoms with Crippen molar-refractivity contribution >= 4 is 5.82 Å². The fourth-order valence-electron chi connectivity index (χ4n) is 2.98. The maximum Gasteiger partial charge on any atom is 0.125 e. The van der Waals surface area contributed by atoms with Gasteiger partial charge in [-0.2, -0.15) is 0 Å². The van der Waals surface area contributed by atoms with E-state index in [1.165, 1.54) is 44.2 Å². The van der Waals surface area contributed by atoms with E-state index < -0.39 is 0 Å². The molecule has 0 aliphatic heterocycles. The Labute approximate surface area is 123 Å². The molecular weight excluding hydrogens is 246 g/mol. The highest BCUT2D eigenvalue weighted by atomic mass is 15.2. The van der Waals surface area contributed by atoms with Crippen molar-refractivity contribution in [2.24, 2.45) is 5.92 Å². The maximum atomic E-state index is 4.43. The van der Waals surface area contributed by atoms with Crippen molar-refractivity contribution in [1.29, 1.82) is 0 Å². The zero-order valence-corrected chi connectivity index (χ0v) is 13.2. The molecule has 1 aliphatic rings. The van der Waals surface area contributed by atoms with Crippen LogP contribution in [-0.4, -0.2) is 29.5 Å². The normalized spacial score (nSPS) is 16.2. The highest BCUT2D eigenvalue weighted by molar-refractivity contribution is 5.34. The molecule has 112 valence electrons. The molecule has 1 aromatic rings. The highest BCUT2D eigenvalue weighted by Crippen LogP contribution is 2.25. The average molecular weight is 275 g/mol. The molecule has 0 aromatic carbocycles. The predicted molar refractivity (Wildman–Crippen MR) is 85.9 cm³/mol. The topological polar surface area (TPSA) is 28.2 Å². The van der Waals surface area contributed by atoms with Gasteiger partial charge in [0.1, 0.15) is 5.82 Å². The summed E-state index contributed by atoms with van der Waals surface area (Å²) in [6.45, 7) is 6.90. The monoisotopic (exact) mass is 275 g/mol. The minimum Gasteiger partial charge on any atom is -0.373 e. The van der Waals surface area contributed by atoms with Crippen molar-refractivity contribution in [2.45, 2.75) is 58.5 Å². The molecule has 2 rings (SSSR count). The van der Waals surface area contributed by atoms with Crippen molar-refractivity contribution in [3.63, 3.8) is 0 Å². The third kappa shape index (κ3) is 4.48. The second kappa shape index (κ2) is 7.63. The summed E-state index contributed by atoms with van der Waals surface area (Å²) in [4.78, 5) is 7.12. The van der Waals surface area contributed by atoms with Crippen LogP contribution in [0.25, 0.3) is 0 Å². The van der Waals surface area contributed by atoms with Crippen LogP contribution >= 0.6 is 0 Å². The molecule has 3 heteroatoms. The molecular formula is C17H29N3. The molecule has 0 bridgehead atoms. The SMILES string of the molecule is CNc1ccc(CN(CCC(C)C)C2CCCC2)cn1. The van der Waals surface area contributed by atoms with Crippen LogP contribution in [0.2, 0.25) is 0 Å². The number of rotatable bonds is 7. The Kier molecular flexibility index (Phi) is 5.84. The van der Waals surface area contributed by atoms with E-state index in [1.807, 2.05) is 13.2 Å². The molecule has 0 unspecified atom stereocenters. The van der Waals surface area contributed by atoms with E-state index in [9.17, 15) is 0 Å². The average Bonchev–Trinajstić information content (AvgIpc) is 2.98. The lowest BCUT2D eigenvalue weighted by Gasteiger charge is -2.29. The molecule has 1 heterocycles. The first-order valence-corrected chi connectivity index (χ1v) is 8.05. The van der Waals surface area contributed by atoms with Crippen LogP contribution in [0.4, 0.5) is 5.82 Å². The Morgan fingerprint density at radius 3 is 2.60 bits per heavy atom. The van der Waals surface area contributed by atoms with Crippen molar-refractivity contribution in [3.05, 3.63) is 23.9 Å². The van der Waals surface area contributed by atoms with Crippen molar-refractivity contribution < 1.29 is 0 Å². The fourth-order valence-corrected chi connectivity index (χ4v) is 2.98. The summed E-state index contributed by atoms with van der Waals surface area (Å²) in [6.07, 6.45) is 8.86. The number of nitrogens with zero attached hydrogens (tertiary/aromatic N) is 2. The van der Waals surface area contributed by atoms with Gasteiger partial charge in [-0.05, 0) is 43.4 Å². The van der Waals surface area contributed by atoms with Gasteiger partial charge in [0.25, 0.3) is 0 Å². The summed E-state index contributed by atoms with van der Waals surface area (Å²) in [7, 11) is 1.91. The van der Waals surface area contributed by atoms with Gasteiger partial charge in [-0.15, -0.1) is 0 Å². The smallest absolute Gasteiger partial charge is 0.125 e. The molecule has 0 radical (unpaired) electrons. The molecule has 20 heavy (non-hydrogen) atoms. The molecule has 0 amide bonds. The molecule has 0 spiro atoms. The van der Waals surface area contributed by atoms with Gasteiger partial charge in [0, 0.05) is 25.8 Å². The van der Waals surface area contributed by atoms with E-state index >= 15 is 0 Å². The lowest BCUT2D eigenvalue weighted by molar-refractivity contribution is 0.179. The fraction of sp³-hybridized carbons (Fsp3) is 0.706. The minimum absolute atomic E-state index is 0.781. The summed E-state index contributed by atoms with van der Waals surface area (Å²) in [5.41, 5.74) is 1.33. The van der Waals surface area contributed by atoms with E-state index in [0.29, 0.717) is 0 Å². The van der Waals surface area contributed by atoms with E-state index in [0.717, 1.165) is 24.3 Å². The molecule has 1 fully saturated rings. The van der Waals surface area contributed by atoms with E-state index in [4.69, 9.17) is 0 Å². The first-order chi connectivity index (χ1) is 9.69. The number of anilines is 1. The van der Waals surface area contributed by atoms with Crippen LogP contribution in [0.15, 0.2) is 18.3 Å². The van der Waals surface area contributed by atoms with Crippen LogP contribution in [0.5, 0.6) is 0 Å². The lowest BCUT2D eigenvalue weighted by atomic mass is 10.1. The molecule has 3 nitrogen and oxygen atoms in total. The first-order valence-electron chi connectivity index (χ1n) is 8.05. The van der Waals surface area contributed by atoms with Crippen molar-refractivity contribution in [3.8, 4) is 0 Å². The quantitative estimate of drug-likeness (QED) is 0.817. The largest absolute Gasteiger partial charge is 0.373 e. The Hall–Kier alpha value is -1.09. The third-order valence-corrected chi connectivity index (χ3v) is 4.30. The molecule has 1 aromatic heterocycles. The van der Waals surface area contributed by atoms with Crippen molar-refractivity contribution in [2.75, 3.05) is 18.9 Å². The second-order valence-electron chi connectivity index (χ2n) is 6.39. The van der Waals surface area contributed by atoms with Crippen LogP contribution in [0.1, 0.15) is 51.5 Å². The Bertz CT molecular complexity index is 380. The molecule has 0 saturated heterocycles. The van der Waals surface area contributed by atoms with E-state index in [1.54, 1.807) is 0 Å². The van der Waals surface area contributed by atoms with E-state index in [2.05, 4.69) is 41.2 Å². The lowest BCUT2D eigenvalue weighted by Crippen LogP contribution is -2.34. The number of nitrogens with one attached hydrogen (secondary N) is 1. The van der Waals surface area contributed by atoms with Gasteiger partial charge in [-0.25, -0.2) is 4.98 Å². The van der Waals surface area contributed by atoms with Gasteiger partial charge in [0.2, 0.25) is 0 Å². The summed E-state index contributed by atoms with van der Waals surface area (Å²) >= 11 is 0. The van der Waals surface area contributed by atoms with Crippen LogP contribution in [0, 0.1) is 5.92 Å². The second-order valence-corrected chi connectivity index (χ2v) is 6.39. The predicted octanol–water partition coefficient (Wildman–Crippen LogP) is 3.91. The summed E-state index contributed by atoms with van der Waals surface area (Å²) in [5, 5.41) is 3.08. The molecule has 1 N–H and O–H groups in total. The molecule has 0 atom stereocenters. The first kappa shape index (κ1) is 15.3. The van der Waals surface area contributed by atoms with Crippen LogP contribution in [-0.2, 0) is 6.54 Å².